The van der Waals surface area contributed by atoms with Crippen LogP contribution < -0.4 is 14.9 Å². The highest BCUT2D eigenvalue weighted by Gasteiger charge is 2.08. The van der Waals surface area contributed by atoms with E-state index >= 15 is 0 Å². The van der Waals surface area contributed by atoms with Gasteiger partial charge in [-0.25, -0.2) is 5.43 Å². The Labute approximate surface area is 129 Å². The zero-order valence-electron chi connectivity index (χ0n) is 12.8. The van der Waals surface area contributed by atoms with E-state index in [4.69, 9.17) is 9.47 Å². The molecule has 0 atom stereocenters. The van der Waals surface area contributed by atoms with Crippen LogP contribution in [0.3, 0.4) is 0 Å². The maximum absolute atomic E-state index is 11.2. The van der Waals surface area contributed by atoms with Gasteiger partial charge in [0.1, 0.15) is 11.5 Å². The van der Waals surface area contributed by atoms with E-state index in [2.05, 4.69) is 10.5 Å². The van der Waals surface area contributed by atoms with Crippen molar-refractivity contribution in [3.8, 4) is 11.5 Å². The number of carbonyl (C=O) groups excluding carboxylic acids is 1. The summed E-state index contributed by atoms with van der Waals surface area (Å²) >= 11 is 0. The van der Waals surface area contributed by atoms with Crippen LogP contribution >= 0.6 is 0 Å². The van der Waals surface area contributed by atoms with Crippen LogP contribution in [0.4, 0.5) is 0 Å². The molecule has 1 N–H and O–H groups in total. The number of carbonyl (C=O) groups is 1. The molecule has 0 bridgehead atoms. The molecule has 2 aromatic rings. The van der Waals surface area contributed by atoms with Crippen molar-refractivity contribution in [1.29, 1.82) is 0 Å². The molecule has 1 amide bonds. The zero-order valence-corrected chi connectivity index (χ0v) is 12.8. The molecular weight excluding hydrogens is 280 g/mol. The lowest BCUT2D eigenvalue weighted by Gasteiger charge is -2.09. The predicted octanol–water partition coefficient (Wildman–Crippen LogP) is 2.59. The summed E-state index contributed by atoms with van der Waals surface area (Å²) in [5.41, 5.74) is 4.90. The number of hydrogen-bond donors (Lipinski definition) is 1. The Morgan fingerprint density at radius 3 is 1.59 bits per heavy atom. The van der Waals surface area contributed by atoms with Crippen molar-refractivity contribution in [2.24, 2.45) is 5.10 Å². The van der Waals surface area contributed by atoms with Gasteiger partial charge in [-0.3, -0.25) is 4.79 Å². The minimum atomic E-state index is -0.223. The molecule has 0 saturated carbocycles. The first kappa shape index (κ1) is 15.6. The molecule has 0 aliphatic rings. The average Bonchev–Trinajstić information content (AvgIpc) is 2.56. The SMILES string of the molecule is COc1ccc(C(=NNC(C)=O)c2ccc(OC)cc2)cc1. The number of ether oxygens (including phenoxy) is 2. The van der Waals surface area contributed by atoms with Gasteiger partial charge in [-0.05, 0) is 48.5 Å². The summed E-state index contributed by atoms with van der Waals surface area (Å²) in [5, 5.41) is 4.21. The largest absolute Gasteiger partial charge is 0.497 e. The summed E-state index contributed by atoms with van der Waals surface area (Å²) in [6.07, 6.45) is 0. The molecule has 22 heavy (non-hydrogen) atoms. The zero-order chi connectivity index (χ0) is 15.9. The van der Waals surface area contributed by atoms with Gasteiger partial charge in [0.15, 0.2) is 0 Å². The van der Waals surface area contributed by atoms with E-state index in [9.17, 15) is 4.79 Å². The molecule has 0 aromatic heterocycles. The molecule has 0 saturated heterocycles. The predicted molar refractivity (Wildman–Crippen MR) is 85.4 cm³/mol. The third-order valence-corrected chi connectivity index (χ3v) is 3.05. The van der Waals surface area contributed by atoms with Crippen molar-refractivity contribution >= 4 is 11.6 Å². The summed E-state index contributed by atoms with van der Waals surface area (Å²) < 4.78 is 10.3. The van der Waals surface area contributed by atoms with Crippen LogP contribution in [0.5, 0.6) is 11.5 Å². The van der Waals surface area contributed by atoms with Crippen molar-refractivity contribution in [3.63, 3.8) is 0 Å². The number of benzene rings is 2. The van der Waals surface area contributed by atoms with Crippen LogP contribution in [0.25, 0.3) is 0 Å². The van der Waals surface area contributed by atoms with Crippen molar-refractivity contribution in [3.05, 3.63) is 59.7 Å². The highest BCUT2D eigenvalue weighted by molar-refractivity contribution is 6.13. The Morgan fingerprint density at radius 2 is 1.27 bits per heavy atom. The number of hydrogen-bond acceptors (Lipinski definition) is 4. The van der Waals surface area contributed by atoms with Crippen LogP contribution in [-0.2, 0) is 4.79 Å². The number of amides is 1. The number of rotatable bonds is 5. The Morgan fingerprint density at radius 1 is 0.864 bits per heavy atom. The molecule has 0 spiro atoms. The summed E-state index contributed by atoms with van der Waals surface area (Å²) in [6, 6.07) is 15.0. The van der Waals surface area contributed by atoms with Gasteiger partial charge in [0.05, 0.1) is 19.9 Å². The summed E-state index contributed by atoms with van der Waals surface area (Å²) in [5.74, 6) is 1.30. The molecule has 2 aromatic carbocycles. The Hall–Kier alpha value is -2.82. The highest BCUT2D eigenvalue weighted by atomic mass is 16.5. The van der Waals surface area contributed by atoms with Gasteiger partial charge in [-0.2, -0.15) is 5.10 Å². The second kappa shape index (κ2) is 7.26. The van der Waals surface area contributed by atoms with E-state index in [1.165, 1.54) is 6.92 Å². The molecule has 0 unspecified atom stereocenters. The van der Waals surface area contributed by atoms with Gasteiger partial charge in [-0.1, -0.05) is 0 Å². The summed E-state index contributed by atoms with van der Waals surface area (Å²) in [4.78, 5) is 11.2. The standard InChI is InChI=1S/C17H18N2O3/c1-12(20)18-19-17(13-4-8-15(21-2)9-5-13)14-6-10-16(22-3)11-7-14/h4-11H,1-3H3,(H,18,20). The fraction of sp³-hybridized carbons (Fsp3) is 0.176. The Kier molecular flexibility index (Phi) is 5.14. The quantitative estimate of drug-likeness (QED) is 0.682. The molecule has 0 heterocycles. The van der Waals surface area contributed by atoms with E-state index < -0.39 is 0 Å². The third-order valence-electron chi connectivity index (χ3n) is 3.05. The first-order valence-electron chi connectivity index (χ1n) is 6.77. The Bertz CT molecular complexity index is 612. The molecule has 0 fully saturated rings. The normalized spacial score (nSPS) is 9.77. The first-order valence-corrected chi connectivity index (χ1v) is 6.77. The summed E-state index contributed by atoms with van der Waals surface area (Å²) in [6.45, 7) is 1.42. The van der Waals surface area contributed by atoms with E-state index in [0.717, 1.165) is 22.6 Å². The van der Waals surface area contributed by atoms with Gasteiger partial charge >= 0.3 is 0 Å². The molecule has 0 radical (unpaired) electrons. The lowest BCUT2D eigenvalue weighted by Crippen LogP contribution is -2.17. The topological polar surface area (TPSA) is 59.9 Å². The summed E-state index contributed by atoms with van der Waals surface area (Å²) in [7, 11) is 3.23. The van der Waals surface area contributed by atoms with Crippen LogP contribution in [0.1, 0.15) is 18.1 Å². The van der Waals surface area contributed by atoms with Gasteiger partial charge in [0.2, 0.25) is 5.91 Å². The van der Waals surface area contributed by atoms with Crippen LogP contribution in [0.2, 0.25) is 0 Å². The highest BCUT2D eigenvalue weighted by Crippen LogP contribution is 2.18. The minimum absolute atomic E-state index is 0.223. The second-order valence-corrected chi connectivity index (χ2v) is 4.59. The number of methoxy groups -OCH3 is 2. The fourth-order valence-electron chi connectivity index (χ4n) is 1.93. The fourth-order valence-corrected chi connectivity index (χ4v) is 1.93. The number of hydrazone groups is 1. The van der Waals surface area contributed by atoms with Crippen molar-refractivity contribution < 1.29 is 14.3 Å². The van der Waals surface area contributed by atoms with E-state index in [0.29, 0.717) is 5.71 Å². The smallest absolute Gasteiger partial charge is 0.236 e. The lowest BCUT2D eigenvalue weighted by molar-refractivity contribution is -0.118. The van der Waals surface area contributed by atoms with E-state index in [1.54, 1.807) is 14.2 Å². The Balaban J connectivity index is 2.40. The van der Waals surface area contributed by atoms with Crippen molar-refractivity contribution in [1.82, 2.24) is 5.43 Å². The number of nitrogens with one attached hydrogen (secondary N) is 1. The minimum Gasteiger partial charge on any atom is -0.497 e. The van der Waals surface area contributed by atoms with Gasteiger partial charge in [0, 0.05) is 18.1 Å². The van der Waals surface area contributed by atoms with Crippen LogP contribution in [0.15, 0.2) is 53.6 Å². The first-order chi connectivity index (χ1) is 10.6. The van der Waals surface area contributed by atoms with E-state index in [1.807, 2.05) is 48.5 Å². The second-order valence-electron chi connectivity index (χ2n) is 4.59. The van der Waals surface area contributed by atoms with Gasteiger partial charge in [0.25, 0.3) is 0 Å². The van der Waals surface area contributed by atoms with Crippen molar-refractivity contribution in [2.45, 2.75) is 6.92 Å². The molecule has 2 rings (SSSR count). The molecule has 114 valence electrons. The van der Waals surface area contributed by atoms with E-state index in [-0.39, 0.29) is 5.91 Å². The average molecular weight is 298 g/mol. The third kappa shape index (κ3) is 3.85. The number of nitrogens with zero attached hydrogens (tertiary/aromatic N) is 1. The van der Waals surface area contributed by atoms with Crippen LogP contribution in [-0.4, -0.2) is 25.8 Å². The molecule has 0 aliphatic carbocycles. The molecule has 5 heteroatoms. The molecular formula is C17H18N2O3. The van der Waals surface area contributed by atoms with Gasteiger partial charge < -0.3 is 9.47 Å². The van der Waals surface area contributed by atoms with Crippen LogP contribution in [0, 0.1) is 0 Å². The van der Waals surface area contributed by atoms with Crippen molar-refractivity contribution in [2.75, 3.05) is 14.2 Å². The van der Waals surface area contributed by atoms with Gasteiger partial charge in [-0.15, -0.1) is 0 Å². The molecule has 5 nitrogen and oxygen atoms in total. The monoisotopic (exact) mass is 298 g/mol. The maximum atomic E-state index is 11.2. The molecule has 0 aliphatic heterocycles. The maximum Gasteiger partial charge on any atom is 0.236 e. The lowest BCUT2D eigenvalue weighted by atomic mass is 10.0.